The number of hydrogen-bond acceptors (Lipinski definition) is 2. The Morgan fingerprint density at radius 2 is 1.83 bits per heavy atom. The van der Waals surface area contributed by atoms with E-state index in [0.29, 0.717) is 26.4 Å². The first kappa shape index (κ1) is 12.9. The number of nitrogen functional groups attached to an aromatic ring is 1. The van der Waals surface area contributed by atoms with Gasteiger partial charge in [0.2, 0.25) is 0 Å². The van der Waals surface area contributed by atoms with Crippen LogP contribution in [-0.2, 0) is 0 Å². The first-order chi connectivity index (χ1) is 8.56. The predicted molar refractivity (Wildman–Crippen MR) is 78.0 cm³/mol. The second-order valence-electron chi connectivity index (χ2n) is 3.70. The molecule has 0 heterocycles. The fraction of sp³-hybridized carbons (Fsp3) is 0. The molecule has 92 valence electrons. The number of benzene rings is 2. The molecular weight excluding hydrogens is 316 g/mol. The summed E-state index contributed by atoms with van der Waals surface area (Å²) in [5.41, 5.74) is 7.37. The molecule has 1 amide bonds. The lowest BCUT2D eigenvalue weighted by Gasteiger charge is -2.07. The third kappa shape index (κ3) is 3.03. The maximum absolute atomic E-state index is 12.0. The average molecular weight is 326 g/mol. The summed E-state index contributed by atoms with van der Waals surface area (Å²) in [6.07, 6.45) is 0. The lowest BCUT2D eigenvalue weighted by atomic mass is 10.2. The van der Waals surface area contributed by atoms with Crippen LogP contribution >= 0.6 is 27.5 Å². The Balaban J connectivity index is 2.21. The minimum absolute atomic E-state index is 0.225. The van der Waals surface area contributed by atoms with Crippen LogP contribution in [-0.4, -0.2) is 5.91 Å². The van der Waals surface area contributed by atoms with Gasteiger partial charge in [-0.3, -0.25) is 4.79 Å². The van der Waals surface area contributed by atoms with Crippen LogP contribution < -0.4 is 11.1 Å². The molecule has 3 N–H and O–H groups in total. The Bertz CT molecular complexity index is 584. The summed E-state index contributed by atoms with van der Waals surface area (Å²) in [6, 6.07) is 12.0. The molecule has 5 heteroatoms. The van der Waals surface area contributed by atoms with Crippen LogP contribution in [0, 0.1) is 0 Å². The van der Waals surface area contributed by atoms with E-state index in [0.717, 1.165) is 0 Å². The van der Waals surface area contributed by atoms with Crippen molar-refractivity contribution in [1.82, 2.24) is 0 Å². The first-order valence-electron chi connectivity index (χ1n) is 5.18. The van der Waals surface area contributed by atoms with Crippen molar-refractivity contribution in [2.45, 2.75) is 0 Å². The lowest BCUT2D eigenvalue weighted by Crippen LogP contribution is -2.12. The molecule has 0 spiro atoms. The van der Waals surface area contributed by atoms with Gasteiger partial charge in [0.15, 0.2) is 0 Å². The van der Waals surface area contributed by atoms with Crippen molar-refractivity contribution in [3.63, 3.8) is 0 Å². The maximum Gasteiger partial charge on any atom is 0.256 e. The highest BCUT2D eigenvalue weighted by Gasteiger charge is 2.10. The number of halogens is 2. The van der Waals surface area contributed by atoms with E-state index in [1.54, 1.807) is 42.5 Å². The van der Waals surface area contributed by atoms with Gasteiger partial charge in [-0.05, 0) is 58.4 Å². The quantitative estimate of drug-likeness (QED) is 0.822. The Kier molecular flexibility index (Phi) is 3.89. The van der Waals surface area contributed by atoms with Gasteiger partial charge in [-0.25, -0.2) is 0 Å². The zero-order valence-corrected chi connectivity index (χ0v) is 11.6. The van der Waals surface area contributed by atoms with Crippen LogP contribution in [0.5, 0.6) is 0 Å². The molecule has 0 aliphatic carbocycles. The number of nitrogens with one attached hydrogen (secondary N) is 1. The molecule has 2 aromatic carbocycles. The van der Waals surface area contributed by atoms with Gasteiger partial charge in [-0.2, -0.15) is 0 Å². The normalized spacial score (nSPS) is 10.1. The van der Waals surface area contributed by atoms with Crippen LogP contribution in [0.1, 0.15) is 10.4 Å². The fourth-order valence-electron chi connectivity index (χ4n) is 1.45. The summed E-state index contributed by atoms with van der Waals surface area (Å²) in [5, 5.41) is 3.39. The highest BCUT2D eigenvalue weighted by molar-refractivity contribution is 9.10. The number of hydrogen-bond donors (Lipinski definition) is 2. The van der Waals surface area contributed by atoms with Gasteiger partial charge in [0, 0.05) is 20.9 Å². The van der Waals surface area contributed by atoms with Crippen molar-refractivity contribution < 1.29 is 4.79 Å². The van der Waals surface area contributed by atoms with Crippen LogP contribution in [0.3, 0.4) is 0 Å². The van der Waals surface area contributed by atoms with Crippen molar-refractivity contribution in [1.29, 1.82) is 0 Å². The van der Waals surface area contributed by atoms with E-state index in [2.05, 4.69) is 21.2 Å². The maximum atomic E-state index is 12.0. The predicted octanol–water partition coefficient (Wildman–Crippen LogP) is 3.94. The molecule has 0 atom stereocenters. The van der Waals surface area contributed by atoms with E-state index >= 15 is 0 Å². The summed E-state index contributed by atoms with van der Waals surface area (Å²) in [6.45, 7) is 0. The number of rotatable bonds is 2. The standard InChI is InChI=1S/C13H10BrClN2O/c14-12-6-3-9(16)7-11(12)13(18)17-10-4-1-8(15)2-5-10/h1-7H,16H2,(H,17,18). The van der Waals surface area contributed by atoms with Crippen molar-refractivity contribution in [2.75, 3.05) is 11.1 Å². The zero-order chi connectivity index (χ0) is 13.1. The lowest BCUT2D eigenvalue weighted by molar-refractivity contribution is 0.102. The molecule has 2 rings (SSSR count). The number of anilines is 2. The monoisotopic (exact) mass is 324 g/mol. The van der Waals surface area contributed by atoms with Gasteiger partial charge in [-0.1, -0.05) is 11.6 Å². The molecule has 2 aromatic rings. The second kappa shape index (κ2) is 5.42. The second-order valence-corrected chi connectivity index (χ2v) is 4.99. The van der Waals surface area contributed by atoms with Gasteiger partial charge in [-0.15, -0.1) is 0 Å². The summed E-state index contributed by atoms with van der Waals surface area (Å²) >= 11 is 9.09. The van der Waals surface area contributed by atoms with E-state index in [1.807, 2.05) is 0 Å². The third-order valence-electron chi connectivity index (χ3n) is 2.34. The van der Waals surface area contributed by atoms with E-state index in [1.165, 1.54) is 0 Å². The van der Waals surface area contributed by atoms with Gasteiger partial charge in [0.1, 0.15) is 0 Å². The van der Waals surface area contributed by atoms with Crippen molar-refractivity contribution in [3.05, 3.63) is 57.5 Å². The van der Waals surface area contributed by atoms with Crippen LogP contribution in [0.25, 0.3) is 0 Å². The Morgan fingerprint density at radius 1 is 1.17 bits per heavy atom. The molecule has 0 fully saturated rings. The van der Waals surface area contributed by atoms with Gasteiger partial charge in [0.05, 0.1) is 5.56 Å². The third-order valence-corrected chi connectivity index (χ3v) is 3.28. The van der Waals surface area contributed by atoms with Crippen molar-refractivity contribution in [2.24, 2.45) is 0 Å². The Morgan fingerprint density at radius 3 is 2.50 bits per heavy atom. The zero-order valence-electron chi connectivity index (χ0n) is 9.28. The minimum atomic E-state index is -0.225. The molecule has 18 heavy (non-hydrogen) atoms. The van der Waals surface area contributed by atoms with Crippen molar-refractivity contribution in [3.8, 4) is 0 Å². The van der Waals surface area contributed by atoms with E-state index in [9.17, 15) is 4.79 Å². The molecule has 0 saturated carbocycles. The summed E-state index contributed by atoms with van der Waals surface area (Å²) in [4.78, 5) is 12.0. The van der Waals surface area contributed by atoms with Crippen LogP contribution in [0.2, 0.25) is 5.02 Å². The summed E-state index contributed by atoms with van der Waals surface area (Å²) in [5.74, 6) is -0.225. The molecular formula is C13H10BrClN2O. The van der Waals surface area contributed by atoms with E-state index in [-0.39, 0.29) is 5.91 Å². The molecule has 0 aliphatic rings. The summed E-state index contributed by atoms with van der Waals surface area (Å²) < 4.78 is 0.697. The molecule has 0 bridgehead atoms. The molecule has 0 radical (unpaired) electrons. The van der Waals surface area contributed by atoms with Crippen molar-refractivity contribution >= 4 is 44.8 Å². The topological polar surface area (TPSA) is 55.1 Å². The van der Waals surface area contributed by atoms with Crippen LogP contribution in [0.4, 0.5) is 11.4 Å². The Hall–Kier alpha value is -1.52. The minimum Gasteiger partial charge on any atom is -0.399 e. The fourth-order valence-corrected chi connectivity index (χ4v) is 2.00. The SMILES string of the molecule is Nc1ccc(Br)c(C(=O)Nc2ccc(Cl)cc2)c1. The summed E-state index contributed by atoms with van der Waals surface area (Å²) in [7, 11) is 0. The number of carbonyl (C=O) groups excluding carboxylic acids is 1. The highest BCUT2D eigenvalue weighted by Crippen LogP contribution is 2.21. The Labute approximate surface area is 118 Å². The number of nitrogens with two attached hydrogens (primary N) is 1. The van der Waals surface area contributed by atoms with E-state index < -0.39 is 0 Å². The van der Waals surface area contributed by atoms with E-state index in [4.69, 9.17) is 17.3 Å². The molecule has 3 nitrogen and oxygen atoms in total. The number of carbonyl (C=O) groups is 1. The number of amides is 1. The molecule has 0 aromatic heterocycles. The van der Waals surface area contributed by atoms with Gasteiger partial charge in [0.25, 0.3) is 5.91 Å². The highest BCUT2D eigenvalue weighted by atomic mass is 79.9. The van der Waals surface area contributed by atoms with Gasteiger partial charge < -0.3 is 11.1 Å². The first-order valence-corrected chi connectivity index (χ1v) is 6.35. The smallest absolute Gasteiger partial charge is 0.256 e. The van der Waals surface area contributed by atoms with Crippen LogP contribution in [0.15, 0.2) is 46.9 Å². The molecule has 0 aliphatic heterocycles. The molecule has 0 unspecified atom stereocenters. The largest absolute Gasteiger partial charge is 0.399 e. The average Bonchev–Trinajstić information content (AvgIpc) is 2.35. The van der Waals surface area contributed by atoms with Gasteiger partial charge >= 0.3 is 0 Å². The molecule has 0 saturated heterocycles.